The van der Waals surface area contributed by atoms with Gasteiger partial charge in [0.05, 0.1) is 36.1 Å². The fraction of sp³-hybridized carbons (Fsp3) is 0.452. The first-order valence-electron chi connectivity index (χ1n) is 19.6. The van der Waals surface area contributed by atoms with Crippen molar-refractivity contribution >= 4 is 40.7 Å². The van der Waals surface area contributed by atoms with Crippen molar-refractivity contribution < 1.29 is 42.2 Å². The number of piperidine rings is 1. The Hall–Kier alpha value is -5.70. The smallest absolute Gasteiger partial charge is 0.417 e. The minimum absolute atomic E-state index is 0.0344. The normalized spacial score (nSPS) is 18.2. The van der Waals surface area contributed by atoms with Crippen LogP contribution in [0.3, 0.4) is 0 Å². The number of piperazine rings is 2. The molecule has 59 heavy (non-hydrogen) atoms. The predicted octanol–water partition coefficient (Wildman–Crippen LogP) is 3.25. The third kappa shape index (κ3) is 12.6. The number of nitrogens with zero attached hydrogens (tertiary/aromatic N) is 5. The number of halogens is 3. The molecule has 3 aliphatic heterocycles. The second-order valence-corrected chi connectivity index (χ2v) is 14.6. The van der Waals surface area contributed by atoms with Crippen LogP contribution in [0.1, 0.15) is 36.5 Å². The van der Waals surface area contributed by atoms with Crippen LogP contribution >= 0.6 is 0 Å². The van der Waals surface area contributed by atoms with Crippen molar-refractivity contribution in [1.82, 2.24) is 20.4 Å². The largest absolute Gasteiger partial charge is 0.493 e. The minimum Gasteiger partial charge on any atom is -0.493 e. The number of carbonyl (C=O) groups is 4. The zero-order valence-corrected chi connectivity index (χ0v) is 33.3. The van der Waals surface area contributed by atoms with Crippen molar-refractivity contribution in [3.63, 3.8) is 0 Å². The second kappa shape index (κ2) is 20.8. The van der Waals surface area contributed by atoms with Gasteiger partial charge in [-0.15, -0.1) is 0 Å². The van der Waals surface area contributed by atoms with Crippen LogP contribution in [-0.2, 0) is 31.8 Å². The van der Waals surface area contributed by atoms with Gasteiger partial charge in [0.15, 0.2) is 0 Å². The molecule has 14 nitrogen and oxygen atoms in total. The van der Waals surface area contributed by atoms with Gasteiger partial charge in [-0.25, -0.2) is 0 Å². The molecule has 17 heteroatoms. The summed E-state index contributed by atoms with van der Waals surface area (Å²) >= 11 is 0. The molecule has 2 atom stereocenters. The molecule has 0 aromatic heterocycles. The lowest BCUT2D eigenvalue weighted by atomic mass is 10.1. The van der Waals surface area contributed by atoms with Gasteiger partial charge in [-0.3, -0.25) is 34.3 Å². The first-order chi connectivity index (χ1) is 28.3. The number of aliphatic hydroxyl groups excluding tert-OH is 1. The summed E-state index contributed by atoms with van der Waals surface area (Å²) in [7, 11) is 1.00. The van der Waals surface area contributed by atoms with Crippen LogP contribution in [0.2, 0.25) is 0 Å². The van der Waals surface area contributed by atoms with Gasteiger partial charge in [-0.1, -0.05) is 19.1 Å². The summed E-state index contributed by atoms with van der Waals surface area (Å²) < 4.78 is 45.7. The van der Waals surface area contributed by atoms with Crippen molar-refractivity contribution in [1.29, 1.82) is 5.26 Å². The number of benzene rings is 3. The molecule has 0 spiro atoms. The van der Waals surface area contributed by atoms with Crippen LogP contribution in [-0.4, -0.2) is 124 Å². The number of carbonyl (C=O) groups excluding carboxylic acids is 4. The van der Waals surface area contributed by atoms with Crippen LogP contribution in [0.4, 0.5) is 30.2 Å². The number of alkyl halides is 3. The van der Waals surface area contributed by atoms with Crippen molar-refractivity contribution in [2.24, 2.45) is 5.92 Å². The van der Waals surface area contributed by atoms with E-state index >= 15 is 0 Å². The van der Waals surface area contributed by atoms with Crippen LogP contribution in [0.25, 0.3) is 0 Å². The van der Waals surface area contributed by atoms with Crippen LogP contribution in [0, 0.1) is 17.2 Å². The van der Waals surface area contributed by atoms with Gasteiger partial charge in [-0.05, 0) is 66.6 Å². The SMILES string of the molecule is CC(COc1ccc(N2CCN(CCN3CCN(c4ccc(CC(=O)NC5CCC(=O)NC5=O)cc4)CC3)CC2)cc1)C(=O)Nc1ccc(C#N)c(C(F)(F)F)c1.CO. The number of anilines is 3. The zero-order chi connectivity index (χ0) is 42.5. The van der Waals surface area contributed by atoms with E-state index in [1.165, 1.54) is 12.1 Å². The number of hydrogen-bond donors (Lipinski definition) is 4. The third-order valence-electron chi connectivity index (χ3n) is 10.6. The first-order valence-corrected chi connectivity index (χ1v) is 19.6. The number of imide groups is 1. The summed E-state index contributed by atoms with van der Waals surface area (Å²) in [4.78, 5) is 58.1. The molecule has 3 saturated heterocycles. The Balaban J connectivity index is 0.00000326. The number of aliphatic hydroxyl groups is 1. The molecule has 3 heterocycles. The maximum atomic E-state index is 13.3. The lowest BCUT2D eigenvalue weighted by Gasteiger charge is -2.39. The molecule has 4 N–H and O–H groups in total. The molecule has 3 fully saturated rings. The summed E-state index contributed by atoms with van der Waals surface area (Å²) in [5, 5.41) is 23.5. The molecular formula is C42H51F3N8O6. The Morgan fingerprint density at radius 3 is 1.97 bits per heavy atom. The highest BCUT2D eigenvalue weighted by molar-refractivity contribution is 6.01. The van der Waals surface area contributed by atoms with E-state index in [2.05, 4.69) is 35.6 Å². The summed E-state index contributed by atoms with van der Waals surface area (Å²) in [6.07, 6.45) is -4.01. The Morgan fingerprint density at radius 2 is 1.44 bits per heavy atom. The molecular weight excluding hydrogens is 770 g/mol. The van der Waals surface area contributed by atoms with Crippen LogP contribution < -0.4 is 30.5 Å². The number of rotatable bonds is 13. The summed E-state index contributed by atoms with van der Waals surface area (Å²) in [5.41, 5.74) is 1.40. The molecule has 0 bridgehead atoms. The molecule has 0 aliphatic carbocycles. The van der Waals surface area contributed by atoms with Gasteiger partial charge in [0.25, 0.3) is 0 Å². The molecule has 2 unspecified atom stereocenters. The summed E-state index contributed by atoms with van der Waals surface area (Å²) in [5.74, 6) is -1.57. The van der Waals surface area contributed by atoms with E-state index in [1.807, 2.05) is 48.5 Å². The topological polar surface area (TPSA) is 171 Å². The van der Waals surface area contributed by atoms with Crippen molar-refractivity contribution in [2.75, 3.05) is 94.3 Å². The Bertz CT molecular complexity index is 1940. The summed E-state index contributed by atoms with van der Waals surface area (Å²) in [6, 6.07) is 19.6. The van der Waals surface area contributed by atoms with Crippen molar-refractivity contribution in [3.8, 4) is 11.8 Å². The highest BCUT2D eigenvalue weighted by Gasteiger charge is 2.34. The molecule has 3 aliphatic rings. The highest BCUT2D eigenvalue weighted by atomic mass is 19.4. The van der Waals surface area contributed by atoms with Crippen LogP contribution in [0.15, 0.2) is 66.7 Å². The van der Waals surface area contributed by atoms with E-state index in [4.69, 9.17) is 15.1 Å². The Morgan fingerprint density at radius 1 is 0.881 bits per heavy atom. The molecule has 316 valence electrons. The fourth-order valence-electron chi connectivity index (χ4n) is 7.10. The average molecular weight is 821 g/mol. The van der Waals surface area contributed by atoms with Crippen molar-refractivity contribution in [2.45, 2.75) is 38.4 Å². The maximum absolute atomic E-state index is 13.3. The number of ether oxygens (including phenoxy) is 1. The van der Waals surface area contributed by atoms with E-state index in [1.54, 1.807) is 6.92 Å². The van der Waals surface area contributed by atoms with E-state index in [0.717, 1.165) is 102 Å². The van der Waals surface area contributed by atoms with Gasteiger partial charge in [0.2, 0.25) is 23.6 Å². The molecule has 0 saturated carbocycles. The molecule has 3 aromatic rings. The highest BCUT2D eigenvalue weighted by Crippen LogP contribution is 2.33. The lowest BCUT2D eigenvalue weighted by Crippen LogP contribution is -2.52. The lowest BCUT2D eigenvalue weighted by molar-refractivity contribution is -0.138. The Kier molecular flexibility index (Phi) is 15.7. The van der Waals surface area contributed by atoms with Crippen LogP contribution in [0.5, 0.6) is 5.75 Å². The molecule has 6 rings (SSSR count). The molecule has 0 radical (unpaired) electrons. The number of nitriles is 1. The Labute approximate surface area is 341 Å². The summed E-state index contributed by atoms with van der Waals surface area (Å²) in [6.45, 7) is 11.1. The van der Waals surface area contributed by atoms with Gasteiger partial charge < -0.3 is 30.3 Å². The quantitative estimate of drug-likeness (QED) is 0.187. The van der Waals surface area contributed by atoms with E-state index < -0.39 is 41.1 Å². The second-order valence-electron chi connectivity index (χ2n) is 14.6. The number of nitrogens with one attached hydrogen (secondary N) is 3. The first kappa shape index (κ1) is 44.4. The molecule has 3 aromatic carbocycles. The van der Waals surface area contributed by atoms with Crippen molar-refractivity contribution in [3.05, 3.63) is 83.4 Å². The number of hydrogen-bond acceptors (Lipinski definition) is 11. The van der Waals surface area contributed by atoms with Gasteiger partial charge in [-0.2, -0.15) is 18.4 Å². The standard InChI is InChI=1S/C41H47F3N8O5.CH4O/c1-28(39(55)46-31-5-4-30(26-45)35(25-31)41(42,43)44)27-57-34-10-8-33(9-11-34)52-22-18-50(19-23-52)15-14-49-16-20-51(21-17-49)32-6-2-29(3-7-32)24-38(54)47-36-12-13-37(53)48-40(36)56;1-2/h2-11,25,28,36H,12-24,27H2,1H3,(H,46,55)(H,47,54)(H,48,53,56);2H,1H3. The van der Waals surface area contributed by atoms with E-state index in [9.17, 15) is 32.3 Å². The maximum Gasteiger partial charge on any atom is 0.417 e. The zero-order valence-electron chi connectivity index (χ0n) is 33.3. The van der Waals surface area contributed by atoms with Gasteiger partial charge in [0.1, 0.15) is 11.8 Å². The number of amides is 4. The monoisotopic (exact) mass is 820 g/mol. The fourth-order valence-corrected chi connectivity index (χ4v) is 7.10. The predicted molar refractivity (Wildman–Crippen MR) is 216 cm³/mol. The van der Waals surface area contributed by atoms with E-state index in [0.29, 0.717) is 12.2 Å². The molecule has 4 amide bonds. The third-order valence-corrected chi connectivity index (χ3v) is 10.6. The minimum atomic E-state index is -4.72. The van der Waals surface area contributed by atoms with Gasteiger partial charge in [0, 0.05) is 96.0 Å². The average Bonchev–Trinajstić information content (AvgIpc) is 3.24. The van der Waals surface area contributed by atoms with E-state index in [-0.39, 0.29) is 37.0 Å². The van der Waals surface area contributed by atoms with Gasteiger partial charge >= 0.3 is 6.18 Å².